The lowest BCUT2D eigenvalue weighted by Crippen LogP contribution is -2.33. The maximum absolute atomic E-state index is 12.9. The van der Waals surface area contributed by atoms with Gasteiger partial charge in [0, 0.05) is 18.9 Å². The third-order valence-electron chi connectivity index (χ3n) is 3.93. The molecule has 0 spiro atoms. The summed E-state index contributed by atoms with van der Waals surface area (Å²) >= 11 is 0. The SMILES string of the molecule is Cc1cc(C(=O)NCC(=O)Nc2cnn(Cc3ccc(F)cc3)c2)nn1C. The summed E-state index contributed by atoms with van der Waals surface area (Å²) < 4.78 is 16.1. The van der Waals surface area contributed by atoms with Crippen LogP contribution in [-0.4, -0.2) is 37.9 Å². The number of carbonyl (C=O) groups excluding carboxylic acids is 2. The minimum absolute atomic E-state index is 0.183. The van der Waals surface area contributed by atoms with Crippen LogP contribution in [-0.2, 0) is 18.4 Å². The first kappa shape index (κ1) is 18.3. The van der Waals surface area contributed by atoms with E-state index in [0.29, 0.717) is 12.2 Å². The van der Waals surface area contributed by atoms with E-state index in [0.717, 1.165) is 11.3 Å². The third kappa shape index (κ3) is 4.78. The molecule has 0 unspecified atom stereocenters. The van der Waals surface area contributed by atoms with E-state index in [4.69, 9.17) is 0 Å². The number of amides is 2. The fourth-order valence-electron chi connectivity index (χ4n) is 2.42. The van der Waals surface area contributed by atoms with Crippen LogP contribution in [0.3, 0.4) is 0 Å². The van der Waals surface area contributed by atoms with Crippen molar-refractivity contribution in [2.24, 2.45) is 7.05 Å². The van der Waals surface area contributed by atoms with Crippen LogP contribution in [0, 0.1) is 12.7 Å². The lowest BCUT2D eigenvalue weighted by Gasteiger charge is -2.04. The van der Waals surface area contributed by atoms with E-state index >= 15 is 0 Å². The molecule has 2 aromatic heterocycles. The van der Waals surface area contributed by atoms with Crippen molar-refractivity contribution in [1.82, 2.24) is 24.9 Å². The monoisotopic (exact) mass is 370 g/mol. The zero-order valence-electron chi connectivity index (χ0n) is 14.9. The molecule has 0 atom stereocenters. The van der Waals surface area contributed by atoms with Gasteiger partial charge in [-0.1, -0.05) is 12.1 Å². The fourth-order valence-corrected chi connectivity index (χ4v) is 2.42. The van der Waals surface area contributed by atoms with Gasteiger partial charge >= 0.3 is 0 Å². The summed E-state index contributed by atoms with van der Waals surface area (Å²) in [5, 5.41) is 13.4. The molecule has 3 rings (SSSR count). The molecular formula is C18H19FN6O2. The lowest BCUT2D eigenvalue weighted by molar-refractivity contribution is -0.115. The molecule has 0 radical (unpaired) electrons. The van der Waals surface area contributed by atoms with Gasteiger partial charge in [-0.25, -0.2) is 4.39 Å². The Bertz CT molecular complexity index is 941. The fraction of sp³-hybridized carbons (Fsp3) is 0.222. The molecule has 2 heterocycles. The average molecular weight is 370 g/mol. The predicted molar refractivity (Wildman–Crippen MR) is 96.6 cm³/mol. The van der Waals surface area contributed by atoms with Gasteiger partial charge in [0.15, 0.2) is 0 Å². The molecule has 0 aliphatic heterocycles. The Labute approximate surface area is 155 Å². The van der Waals surface area contributed by atoms with E-state index in [2.05, 4.69) is 20.8 Å². The van der Waals surface area contributed by atoms with Crippen LogP contribution < -0.4 is 10.6 Å². The molecule has 0 saturated heterocycles. The molecule has 9 heteroatoms. The minimum Gasteiger partial charge on any atom is -0.342 e. The number of aromatic nitrogens is 4. The molecule has 3 aromatic rings. The Kier molecular flexibility index (Phi) is 5.30. The van der Waals surface area contributed by atoms with Crippen LogP contribution in [0.15, 0.2) is 42.7 Å². The number of hydrogen-bond donors (Lipinski definition) is 2. The van der Waals surface area contributed by atoms with Crippen molar-refractivity contribution in [2.45, 2.75) is 13.5 Å². The Balaban J connectivity index is 1.50. The van der Waals surface area contributed by atoms with Gasteiger partial charge in [0.2, 0.25) is 5.91 Å². The molecule has 0 aliphatic carbocycles. The third-order valence-corrected chi connectivity index (χ3v) is 3.93. The number of nitrogens with one attached hydrogen (secondary N) is 2. The standard InChI is InChI=1S/C18H19FN6O2/c1-12-7-16(23-24(12)2)18(27)20-9-17(26)22-15-8-21-25(11-15)10-13-3-5-14(19)6-4-13/h3-8,11H,9-10H2,1-2H3,(H,20,27)(H,22,26). The zero-order chi connectivity index (χ0) is 19.4. The van der Waals surface area contributed by atoms with Gasteiger partial charge in [-0.2, -0.15) is 10.2 Å². The predicted octanol–water partition coefficient (Wildman–Crippen LogP) is 1.48. The molecule has 27 heavy (non-hydrogen) atoms. The maximum Gasteiger partial charge on any atom is 0.272 e. The van der Waals surface area contributed by atoms with E-state index in [9.17, 15) is 14.0 Å². The normalized spacial score (nSPS) is 10.6. The number of carbonyl (C=O) groups is 2. The molecule has 2 amide bonds. The Morgan fingerprint density at radius 3 is 2.63 bits per heavy atom. The van der Waals surface area contributed by atoms with Gasteiger partial charge in [-0.15, -0.1) is 0 Å². The van der Waals surface area contributed by atoms with Crippen molar-refractivity contribution in [1.29, 1.82) is 0 Å². The van der Waals surface area contributed by atoms with Crippen LogP contribution in [0.4, 0.5) is 10.1 Å². The highest BCUT2D eigenvalue weighted by Crippen LogP contribution is 2.09. The molecule has 2 N–H and O–H groups in total. The quantitative estimate of drug-likeness (QED) is 0.687. The van der Waals surface area contributed by atoms with Crippen LogP contribution in [0.2, 0.25) is 0 Å². The lowest BCUT2D eigenvalue weighted by atomic mass is 10.2. The summed E-state index contributed by atoms with van der Waals surface area (Å²) in [4.78, 5) is 24.0. The van der Waals surface area contributed by atoms with Crippen molar-refractivity contribution in [3.05, 3.63) is 65.5 Å². The summed E-state index contributed by atoms with van der Waals surface area (Å²) in [5.74, 6) is -1.09. The number of anilines is 1. The highest BCUT2D eigenvalue weighted by Gasteiger charge is 2.12. The maximum atomic E-state index is 12.9. The molecule has 1 aromatic carbocycles. The van der Waals surface area contributed by atoms with Crippen molar-refractivity contribution in [3.8, 4) is 0 Å². The van der Waals surface area contributed by atoms with E-state index in [1.165, 1.54) is 18.3 Å². The average Bonchev–Trinajstić information content (AvgIpc) is 3.21. The van der Waals surface area contributed by atoms with Gasteiger partial charge < -0.3 is 10.6 Å². The van der Waals surface area contributed by atoms with Crippen molar-refractivity contribution in [2.75, 3.05) is 11.9 Å². The van der Waals surface area contributed by atoms with Gasteiger partial charge in [0.1, 0.15) is 11.5 Å². The van der Waals surface area contributed by atoms with Gasteiger partial charge in [-0.05, 0) is 30.7 Å². The van der Waals surface area contributed by atoms with E-state index in [1.54, 1.807) is 40.8 Å². The van der Waals surface area contributed by atoms with Gasteiger partial charge in [-0.3, -0.25) is 19.0 Å². The summed E-state index contributed by atoms with van der Waals surface area (Å²) in [6, 6.07) is 7.75. The number of benzene rings is 1. The first-order valence-corrected chi connectivity index (χ1v) is 8.26. The summed E-state index contributed by atoms with van der Waals surface area (Å²) in [5.41, 5.74) is 2.49. The number of halogens is 1. The van der Waals surface area contributed by atoms with Crippen molar-refractivity contribution >= 4 is 17.5 Å². The molecular weight excluding hydrogens is 351 g/mol. The van der Waals surface area contributed by atoms with Crippen LogP contribution in [0.5, 0.6) is 0 Å². The van der Waals surface area contributed by atoms with Crippen molar-refractivity contribution in [3.63, 3.8) is 0 Å². The summed E-state index contributed by atoms with van der Waals surface area (Å²) in [7, 11) is 1.74. The smallest absolute Gasteiger partial charge is 0.272 e. The topological polar surface area (TPSA) is 93.8 Å². The van der Waals surface area contributed by atoms with Crippen LogP contribution in [0.1, 0.15) is 21.7 Å². The Hall–Kier alpha value is -3.49. The summed E-state index contributed by atoms with van der Waals surface area (Å²) in [6.45, 7) is 2.10. The first-order chi connectivity index (χ1) is 12.9. The molecule has 0 aliphatic rings. The number of rotatable bonds is 6. The second-order valence-corrected chi connectivity index (χ2v) is 6.08. The highest BCUT2D eigenvalue weighted by atomic mass is 19.1. The molecule has 0 saturated carbocycles. The Morgan fingerprint density at radius 2 is 1.96 bits per heavy atom. The molecule has 8 nitrogen and oxygen atoms in total. The van der Waals surface area contributed by atoms with E-state index in [-0.39, 0.29) is 24.0 Å². The second-order valence-electron chi connectivity index (χ2n) is 6.08. The van der Waals surface area contributed by atoms with Crippen LogP contribution >= 0.6 is 0 Å². The molecule has 140 valence electrons. The minimum atomic E-state index is -0.416. The van der Waals surface area contributed by atoms with Crippen molar-refractivity contribution < 1.29 is 14.0 Å². The first-order valence-electron chi connectivity index (χ1n) is 8.26. The van der Waals surface area contributed by atoms with E-state index < -0.39 is 5.91 Å². The van der Waals surface area contributed by atoms with Gasteiger partial charge in [0.25, 0.3) is 5.91 Å². The second kappa shape index (κ2) is 7.81. The van der Waals surface area contributed by atoms with E-state index in [1.807, 2.05) is 6.92 Å². The van der Waals surface area contributed by atoms with Gasteiger partial charge in [0.05, 0.1) is 25.0 Å². The number of aryl methyl sites for hydroxylation is 2. The highest BCUT2D eigenvalue weighted by molar-refractivity contribution is 5.98. The van der Waals surface area contributed by atoms with Crippen LogP contribution in [0.25, 0.3) is 0 Å². The largest absolute Gasteiger partial charge is 0.342 e. The molecule has 0 fully saturated rings. The number of nitrogens with zero attached hydrogens (tertiary/aromatic N) is 4. The molecule has 0 bridgehead atoms. The Morgan fingerprint density at radius 1 is 1.22 bits per heavy atom. The number of hydrogen-bond acceptors (Lipinski definition) is 4. The zero-order valence-corrected chi connectivity index (χ0v) is 14.9. The summed E-state index contributed by atoms with van der Waals surface area (Å²) in [6.07, 6.45) is 3.16.